The average Bonchev–Trinajstić information content (AvgIpc) is 3.31. The Bertz CT molecular complexity index is 1190. The lowest BCUT2D eigenvalue weighted by Gasteiger charge is -2.34. The summed E-state index contributed by atoms with van der Waals surface area (Å²) in [4.78, 5) is 32.5. The Kier molecular flexibility index (Phi) is 4.75. The number of amides is 3. The number of imide groups is 1. The van der Waals surface area contributed by atoms with Gasteiger partial charge in [0.05, 0.1) is 6.20 Å². The van der Waals surface area contributed by atoms with Crippen molar-refractivity contribution in [2.45, 2.75) is 0 Å². The van der Waals surface area contributed by atoms with Gasteiger partial charge in [-0.3, -0.25) is 10.1 Å². The van der Waals surface area contributed by atoms with E-state index in [4.69, 9.17) is 0 Å². The predicted octanol–water partition coefficient (Wildman–Crippen LogP) is 1.40. The summed E-state index contributed by atoms with van der Waals surface area (Å²) in [6.45, 7) is 4.10. The Balaban J connectivity index is 1.39. The molecule has 158 valence electrons. The summed E-state index contributed by atoms with van der Waals surface area (Å²) in [7, 11) is 2.14. The number of urea groups is 1. The highest BCUT2D eigenvalue weighted by Gasteiger charge is 2.23. The molecule has 2 aliphatic heterocycles. The minimum absolute atomic E-state index is 0.167. The number of piperazine rings is 1. The van der Waals surface area contributed by atoms with Gasteiger partial charge in [0.25, 0.3) is 5.91 Å². The van der Waals surface area contributed by atoms with Crippen LogP contribution in [0.4, 0.5) is 22.0 Å². The number of likely N-dealkylation sites (N-methyl/N-ethyl adjacent to an activating group) is 1. The first-order valence-corrected chi connectivity index (χ1v) is 10.0. The zero-order valence-corrected chi connectivity index (χ0v) is 17.0. The summed E-state index contributed by atoms with van der Waals surface area (Å²) in [6, 6.07) is 9.57. The van der Waals surface area contributed by atoms with Crippen molar-refractivity contribution in [1.29, 1.82) is 0 Å². The lowest BCUT2D eigenvalue weighted by atomic mass is 10.2. The molecule has 3 N–H and O–H groups in total. The third-order valence-electron chi connectivity index (χ3n) is 5.40. The second-order valence-corrected chi connectivity index (χ2v) is 7.61. The van der Waals surface area contributed by atoms with E-state index in [1.165, 1.54) is 5.69 Å². The SMILES string of the molecule is CN1CCN(c2cccc(Nc3ccn4ncc(C=C5NC(=O)NC5=O)c4n3)c2)CC1. The van der Waals surface area contributed by atoms with E-state index in [1.54, 1.807) is 23.0 Å². The van der Waals surface area contributed by atoms with Crippen molar-refractivity contribution in [3.05, 3.63) is 54.0 Å². The molecule has 0 aliphatic carbocycles. The third kappa shape index (κ3) is 3.92. The number of nitrogens with zero attached hydrogens (tertiary/aromatic N) is 5. The minimum Gasteiger partial charge on any atom is -0.369 e. The van der Waals surface area contributed by atoms with Crippen LogP contribution < -0.4 is 20.9 Å². The van der Waals surface area contributed by atoms with Gasteiger partial charge in [0.2, 0.25) is 0 Å². The maximum Gasteiger partial charge on any atom is 0.326 e. The standard InChI is InChI=1S/C21H22N8O2/c1-27-7-9-28(10-8-27)16-4-2-3-15(12-16)23-18-5-6-29-19(25-18)14(13-22-29)11-17-20(30)26-21(31)24-17/h2-6,11-13H,7-10H2,1H3,(H,23,25)(H2,24,26,30,31). The van der Waals surface area contributed by atoms with Crippen LogP contribution in [0, 0.1) is 0 Å². The van der Waals surface area contributed by atoms with Crippen LogP contribution in [-0.4, -0.2) is 64.7 Å². The van der Waals surface area contributed by atoms with Gasteiger partial charge in [0, 0.05) is 49.3 Å². The summed E-state index contributed by atoms with van der Waals surface area (Å²) < 4.78 is 1.62. The van der Waals surface area contributed by atoms with Crippen molar-refractivity contribution in [2.24, 2.45) is 0 Å². The highest BCUT2D eigenvalue weighted by Crippen LogP contribution is 2.24. The Labute approximate surface area is 178 Å². The average molecular weight is 418 g/mol. The lowest BCUT2D eigenvalue weighted by Crippen LogP contribution is -2.44. The van der Waals surface area contributed by atoms with Crippen LogP contribution in [0.3, 0.4) is 0 Å². The number of carbonyl (C=O) groups excluding carboxylic acids is 2. The zero-order chi connectivity index (χ0) is 21.4. The van der Waals surface area contributed by atoms with Gasteiger partial charge in [-0.15, -0.1) is 0 Å². The molecule has 2 aliphatic rings. The van der Waals surface area contributed by atoms with Gasteiger partial charge < -0.3 is 20.4 Å². The number of anilines is 3. The topological polar surface area (TPSA) is 107 Å². The molecule has 2 fully saturated rings. The number of benzene rings is 1. The van der Waals surface area contributed by atoms with Crippen molar-refractivity contribution in [2.75, 3.05) is 43.4 Å². The van der Waals surface area contributed by atoms with Crippen LogP contribution in [0.5, 0.6) is 0 Å². The van der Waals surface area contributed by atoms with E-state index in [0.29, 0.717) is 17.0 Å². The van der Waals surface area contributed by atoms with Crippen LogP contribution >= 0.6 is 0 Å². The molecule has 0 unspecified atom stereocenters. The van der Waals surface area contributed by atoms with Gasteiger partial charge in [-0.2, -0.15) is 5.10 Å². The van der Waals surface area contributed by atoms with Gasteiger partial charge in [-0.1, -0.05) is 6.07 Å². The van der Waals surface area contributed by atoms with E-state index in [2.05, 4.69) is 55.0 Å². The van der Waals surface area contributed by atoms with Gasteiger partial charge >= 0.3 is 6.03 Å². The summed E-state index contributed by atoms with van der Waals surface area (Å²) in [5, 5.41) is 12.3. The number of fused-ring (bicyclic) bond motifs is 1. The smallest absolute Gasteiger partial charge is 0.326 e. The summed E-state index contributed by atoms with van der Waals surface area (Å²) in [5.74, 6) is 0.183. The fraction of sp³-hybridized carbons (Fsp3) is 0.238. The first kappa shape index (κ1) is 19.1. The second kappa shape index (κ2) is 7.73. The molecular weight excluding hydrogens is 396 g/mol. The maximum atomic E-state index is 11.8. The van der Waals surface area contributed by atoms with E-state index in [1.807, 2.05) is 18.2 Å². The molecule has 3 amide bonds. The monoisotopic (exact) mass is 418 g/mol. The molecule has 0 atom stereocenters. The number of hydrogen-bond donors (Lipinski definition) is 3. The summed E-state index contributed by atoms with van der Waals surface area (Å²) >= 11 is 0. The van der Waals surface area contributed by atoms with Gasteiger partial charge in [-0.25, -0.2) is 14.3 Å². The van der Waals surface area contributed by atoms with Crippen molar-refractivity contribution in [3.63, 3.8) is 0 Å². The lowest BCUT2D eigenvalue weighted by molar-refractivity contribution is -0.115. The van der Waals surface area contributed by atoms with Crippen LogP contribution in [0.15, 0.2) is 48.4 Å². The molecule has 0 saturated carbocycles. The van der Waals surface area contributed by atoms with Gasteiger partial charge in [-0.05, 0) is 37.4 Å². The molecule has 10 heteroatoms. The van der Waals surface area contributed by atoms with Gasteiger partial charge in [0.1, 0.15) is 11.5 Å². The van der Waals surface area contributed by atoms with E-state index in [0.717, 1.165) is 31.9 Å². The third-order valence-corrected chi connectivity index (χ3v) is 5.40. The molecule has 31 heavy (non-hydrogen) atoms. The summed E-state index contributed by atoms with van der Waals surface area (Å²) in [6.07, 6.45) is 4.96. The Morgan fingerprint density at radius 2 is 1.94 bits per heavy atom. The normalized spacial score (nSPS) is 18.5. The maximum absolute atomic E-state index is 11.8. The van der Waals surface area contributed by atoms with Crippen molar-refractivity contribution in [3.8, 4) is 0 Å². The number of carbonyl (C=O) groups is 2. The number of nitrogens with one attached hydrogen (secondary N) is 3. The van der Waals surface area contributed by atoms with Crippen molar-refractivity contribution >= 4 is 40.9 Å². The largest absolute Gasteiger partial charge is 0.369 e. The van der Waals surface area contributed by atoms with E-state index < -0.39 is 11.9 Å². The molecule has 0 bridgehead atoms. The van der Waals surface area contributed by atoms with Crippen molar-refractivity contribution in [1.82, 2.24) is 30.1 Å². The van der Waals surface area contributed by atoms with Crippen LogP contribution in [-0.2, 0) is 4.79 Å². The summed E-state index contributed by atoms with van der Waals surface area (Å²) in [5.41, 5.74) is 3.48. The minimum atomic E-state index is -0.539. The zero-order valence-electron chi connectivity index (χ0n) is 17.0. The highest BCUT2D eigenvalue weighted by atomic mass is 16.2. The first-order valence-electron chi connectivity index (χ1n) is 10.0. The number of hydrogen-bond acceptors (Lipinski definition) is 7. The second-order valence-electron chi connectivity index (χ2n) is 7.61. The molecule has 3 aromatic rings. The number of rotatable bonds is 4. The molecule has 0 radical (unpaired) electrons. The van der Waals surface area contributed by atoms with E-state index in [9.17, 15) is 9.59 Å². The molecule has 1 aromatic carbocycles. The Morgan fingerprint density at radius 3 is 2.71 bits per heavy atom. The molecule has 10 nitrogen and oxygen atoms in total. The predicted molar refractivity (Wildman–Crippen MR) is 117 cm³/mol. The quantitative estimate of drug-likeness (QED) is 0.434. The van der Waals surface area contributed by atoms with Crippen LogP contribution in [0.2, 0.25) is 0 Å². The van der Waals surface area contributed by atoms with E-state index >= 15 is 0 Å². The first-order chi connectivity index (χ1) is 15.0. The van der Waals surface area contributed by atoms with Gasteiger partial charge in [0.15, 0.2) is 5.65 Å². The van der Waals surface area contributed by atoms with E-state index in [-0.39, 0.29) is 5.70 Å². The fourth-order valence-corrected chi connectivity index (χ4v) is 3.69. The Hall–Kier alpha value is -3.92. The fourth-order valence-electron chi connectivity index (χ4n) is 3.69. The molecule has 2 saturated heterocycles. The molecular formula is C21H22N8O2. The molecule has 4 heterocycles. The Morgan fingerprint density at radius 1 is 1.10 bits per heavy atom. The van der Waals surface area contributed by atoms with Crippen LogP contribution in [0.25, 0.3) is 11.7 Å². The highest BCUT2D eigenvalue weighted by molar-refractivity contribution is 6.14. The van der Waals surface area contributed by atoms with Crippen molar-refractivity contribution < 1.29 is 9.59 Å². The van der Waals surface area contributed by atoms with Crippen LogP contribution in [0.1, 0.15) is 5.56 Å². The molecule has 2 aromatic heterocycles. The molecule has 0 spiro atoms. The number of aromatic nitrogens is 3. The molecule has 5 rings (SSSR count).